The van der Waals surface area contributed by atoms with Gasteiger partial charge in [-0.1, -0.05) is 6.07 Å². The van der Waals surface area contributed by atoms with Gasteiger partial charge in [-0.25, -0.2) is 21.8 Å². The molecule has 0 spiro atoms. The van der Waals surface area contributed by atoms with Crippen LogP contribution in [-0.4, -0.2) is 33.1 Å². The third-order valence-corrected chi connectivity index (χ3v) is 7.45. The van der Waals surface area contributed by atoms with Crippen molar-refractivity contribution in [2.75, 3.05) is 6.26 Å². The smallest absolute Gasteiger partial charge is 0.307 e. The summed E-state index contributed by atoms with van der Waals surface area (Å²) in [4.78, 5) is 6.16. The third-order valence-electron chi connectivity index (χ3n) is 4.75. The van der Waals surface area contributed by atoms with Crippen LogP contribution in [0.1, 0.15) is 22.5 Å². The second kappa shape index (κ2) is 9.78. The largest absolute Gasteiger partial charge is 0.433 e. The molecular weight excluding hydrogens is 536 g/mol. The van der Waals surface area contributed by atoms with Crippen LogP contribution >= 0.6 is 0 Å². The number of aromatic nitrogens is 2. The first-order valence-corrected chi connectivity index (χ1v) is 13.2. The molecule has 3 rings (SSSR count). The van der Waals surface area contributed by atoms with E-state index in [-0.39, 0.29) is 29.2 Å². The molecule has 2 heterocycles. The normalized spacial score (nSPS) is 13.1. The lowest BCUT2D eigenvalue weighted by Gasteiger charge is -2.11. The zero-order chi connectivity index (χ0) is 26.9. The Morgan fingerprint density at radius 2 is 1.53 bits per heavy atom. The topological polar surface area (TPSA) is 106 Å². The molecule has 1 aromatic carbocycles. The fraction of sp³-hybridized carbons (Fsp3) is 0.238. The maximum absolute atomic E-state index is 13.1. The SMILES string of the molecule is CS(=O)(=O)c1cc(CNCc2ccc(S(=O)(=O)c3cccc(C(F)(F)F)c3)cn2)cc(C(F)(F)F)n1. The van der Waals surface area contributed by atoms with E-state index in [4.69, 9.17) is 0 Å². The number of nitrogens with one attached hydrogen (secondary N) is 1. The molecular formula is C21H17F6N3O4S2. The van der Waals surface area contributed by atoms with E-state index in [1.54, 1.807) is 0 Å². The molecule has 0 unspecified atom stereocenters. The number of benzene rings is 1. The van der Waals surface area contributed by atoms with E-state index >= 15 is 0 Å². The van der Waals surface area contributed by atoms with Gasteiger partial charge in [0.25, 0.3) is 0 Å². The predicted molar refractivity (Wildman–Crippen MR) is 114 cm³/mol. The van der Waals surface area contributed by atoms with Gasteiger partial charge >= 0.3 is 12.4 Å². The highest BCUT2D eigenvalue weighted by molar-refractivity contribution is 7.91. The molecule has 0 radical (unpaired) electrons. The molecule has 2 aromatic heterocycles. The van der Waals surface area contributed by atoms with Crippen molar-refractivity contribution < 1.29 is 43.2 Å². The monoisotopic (exact) mass is 553 g/mol. The highest BCUT2D eigenvalue weighted by atomic mass is 32.2. The minimum absolute atomic E-state index is 0.0125. The van der Waals surface area contributed by atoms with E-state index in [9.17, 15) is 43.2 Å². The lowest BCUT2D eigenvalue weighted by atomic mass is 10.2. The van der Waals surface area contributed by atoms with Gasteiger partial charge in [-0.2, -0.15) is 26.3 Å². The van der Waals surface area contributed by atoms with Gasteiger partial charge in [0.05, 0.1) is 21.0 Å². The molecule has 0 atom stereocenters. The van der Waals surface area contributed by atoms with Crippen molar-refractivity contribution in [3.63, 3.8) is 0 Å². The van der Waals surface area contributed by atoms with Crippen molar-refractivity contribution in [2.24, 2.45) is 0 Å². The molecule has 0 bridgehead atoms. The van der Waals surface area contributed by atoms with Gasteiger partial charge in [-0.3, -0.25) is 4.98 Å². The summed E-state index contributed by atoms with van der Waals surface area (Å²) in [5.74, 6) is 0. The van der Waals surface area contributed by atoms with Crippen LogP contribution in [0.25, 0.3) is 0 Å². The van der Waals surface area contributed by atoms with Crippen LogP contribution in [0.4, 0.5) is 26.3 Å². The molecule has 36 heavy (non-hydrogen) atoms. The molecule has 0 aliphatic rings. The van der Waals surface area contributed by atoms with Gasteiger partial charge in [0.1, 0.15) is 5.69 Å². The van der Waals surface area contributed by atoms with Crippen molar-refractivity contribution in [1.82, 2.24) is 15.3 Å². The van der Waals surface area contributed by atoms with Gasteiger partial charge in [0, 0.05) is 25.5 Å². The van der Waals surface area contributed by atoms with Gasteiger partial charge in [-0.15, -0.1) is 0 Å². The number of hydrogen-bond acceptors (Lipinski definition) is 7. The van der Waals surface area contributed by atoms with E-state index < -0.39 is 53.2 Å². The van der Waals surface area contributed by atoms with Crippen LogP contribution in [0.3, 0.4) is 0 Å². The highest BCUT2D eigenvalue weighted by Gasteiger charge is 2.34. The van der Waals surface area contributed by atoms with Crippen molar-refractivity contribution in [2.45, 2.75) is 40.3 Å². The summed E-state index contributed by atoms with van der Waals surface area (Å²) in [5.41, 5.74) is -2.24. The third kappa shape index (κ3) is 6.59. The summed E-state index contributed by atoms with van der Waals surface area (Å²) in [7, 11) is -8.30. The Bertz CT molecular complexity index is 1470. The molecule has 0 saturated heterocycles. The summed E-state index contributed by atoms with van der Waals surface area (Å²) in [5, 5.41) is 2.02. The molecule has 3 aromatic rings. The molecule has 7 nitrogen and oxygen atoms in total. The molecule has 15 heteroatoms. The van der Waals surface area contributed by atoms with Gasteiger partial charge < -0.3 is 5.32 Å². The summed E-state index contributed by atoms with van der Waals surface area (Å²) < 4.78 is 127. The van der Waals surface area contributed by atoms with Crippen molar-refractivity contribution in [3.05, 3.63) is 77.2 Å². The zero-order valence-electron chi connectivity index (χ0n) is 18.2. The zero-order valence-corrected chi connectivity index (χ0v) is 19.9. The van der Waals surface area contributed by atoms with Crippen molar-refractivity contribution in [3.8, 4) is 0 Å². The number of hydrogen-bond donors (Lipinski definition) is 1. The molecule has 0 fully saturated rings. The first kappa shape index (κ1) is 27.5. The number of rotatable bonds is 7. The maximum atomic E-state index is 13.1. The summed E-state index contributed by atoms with van der Waals surface area (Å²) >= 11 is 0. The summed E-state index contributed by atoms with van der Waals surface area (Å²) in [6.45, 7) is -0.234. The lowest BCUT2D eigenvalue weighted by molar-refractivity contribution is -0.141. The molecule has 0 saturated carbocycles. The highest BCUT2D eigenvalue weighted by Crippen LogP contribution is 2.32. The average molecular weight is 554 g/mol. The van der Waals surface area contributed by atoms with Crippen LogP contribution in [0.15, 0.2) is 69.5 Å². The fourth-order valence-electron chi connectivity index (χ4n) is 2.98. The number of nitrogens with zero attached hydrogens (tertiary/aromatic N) is 2. The van der Waals surface area contributed by atoms with E-state index in [1.807, 2.05) is 0 Å². The fourth-order valence-corrected chi connectivity index (χ4v) is 4.86. The van der Waals surface area contributed by atoms with E-state index in [1.165, 1.54) is 6.07 Å². The Morgan fingerprint density at radius 3 is 2.08 bits per heavy atom. The minimum atomic E-state index is -4.86. The standard InChI is InChI=1S/C21H17F6N3O4S2/c1-35(31,32)19-8-13(7-18(30-19)21(25,26)27)10-28-11-15-5-6-17(12-29-15)36(33,34)16-4-2-3-14(9-16)20(22,23)24/h2-9,12,28H,10-11H2,1H3. The number of pyridine rings is 2. The summed E-state index contributed by atoms with van der Waals surface area (Å²) in [6, 6.07) is 7.35. The van der Waals surface area contributed by atoms with Gasteiger partial charge in [-0.05, 0) is 48.0 Å². The molecule has 194 valence electrons. The molecule has 1 N–H and O–H groups in total. The number of sulfone groups is 2. The van der Waals surface area contributed by atoms with Crippen LogP contribution in [-0.2, 0) is 45.1 Å². The van der Waals surface area contributed by atoms with Crippen LogP contribution in [0.5, 0.6) is 0 Å². The van der Waals surface area contributed by atoms with Crippen LogP contribution in [0, 0.1) is 0 Å². The Morgan fingerprint density at radius 1 is 0.833 bits per heavy atom. The van der Waals surface area contributed by atoms with Crippen molar-refractivity contribution >= 4 is 19.7 Å². The van der Waals surface area contributed by atoms with Crippen LogP contribution < -0.4 is 5.32 Å². The van der Waals surface area contributed by atoms with Crippen molar-refractivity contribution in [1.29, 1.82) is 0 Å². The first-order chi connectivity index (χ1) is 16.5. The summed E-state index contributed by atoms with van der Waals surface area (Å²) in [6.07, 6.45) is -7.91. The molecule has 0 aliphatic carbocycles. The quantitative estimate of drug-likeness (QED) is 0.440. The minimum Gasteiger partial charge on any atom is -0.307 e. The average Bonchev–Trinajstić information content (AvgIpc) is 2.77. The Hall–Kier alpha value is -3.04. The van der Waals surface area contributed by atoms with Gasteiger partial charge in [0.2, 0.25) is 9.84 Å². The first-order valence-electron chi connectivity index (χ1n) is 9.84. The molecule has 0 aliphatic heterocycles. The van der Waals surface area contributed by atoms with Crippen LogP contribution in [0.2, 0.25) is 0 Å². The second-order valence-electron chi connectivity index (χ2n) is 7.59. The molecule has 0 amide bonds. The van der Waals surface area contributed by atoms with E-state index in [0.717, 1.165) is 42.8 Å². The maximum Gasteiger partial charge on any atom is 0.433 e. The lowest BCUT2D eigenvalue weighted by Crippen LogP contribution is -2.17. The predicted octanol–water partition coefficient (Wildman–Crippen LogP) is 4.04. The Labute approximate surface area is 202 Å². The van der Waals surface area contributed by atoms with E-state index in [2.05, 4.69) is 15.3 Å². The van der Waals surface area contributed by atoms with E-state index in [0.29, 0.717) is 12.1 Å². The number of halogens is 6. The van der Waals surface area contributed by atoms with Gasteiger partial charge in [0.15, 0.2) is 14.9 Å². The second-order valence-corrected chi connectivity index (χ2v) is 11.5. The number of alkyl halides is 6. The Balaban J connectivity index is 1.74. The Kier molecular flexibility index (Phi) is 7.49.